The lowest BCUT2D eigenvalue weighted by molar-refractivity contribution is 0.139. The molecule has 6 heteroatoms. The van der Waals surface area contributed by atoms with Crippen LogP contribution in [0.25, 0.3) is 0 Å². The zero-order valence-corrected chi connectivity index (χ0v) is 37.0. The first-order valence-electron chi connectivity index (χ1n) is 23.9. The van der Waals surface area contributed by atoms with Gasteiger partial charge in [0.2, 0.25) is 0 Å². The zero-order chi connectivity index (χ0) is 37.6. The molecule has 0 bridgehead atoms. The molecule has 0 spiro atoms. The lowest BCUT2D eigenvalue weighted by Crippen LogP contribution is -2.30. The molecule has 0 aromatic carbocycles. The van der Waals surface area contributed by atoms with Gasteiger partial charge in [0.05, 0.1) is 13.2 Å². The van der Waals surface area contributed by atoms with Gasteiger partial charge in [-0.3, -0.25) is 9.05 Å². The molecule has 1 fully saturated rings. The van der Waals surface area contributed by atoms with Gasteiger partial charge < -0.3 is 4.90 Å². The van der Waals surface area contributed by atoms with Gasteiger partial charge in [-0.05, 0) is 63.5 Å². The van der Waals surface area contributed by atoms with Crippen LogP contribution in [0.3, 0.4) is 0 Å². The van der Waals surface area contributed by atoms with Crippen LogP contribution in [0.15, 0.2) is 0 Å². The number of hydrogen-bond acceptors (Lipinski definition) is 4. The number of nitrogens with one attached hydrogen (secondary N) is 1. The molecule has 0 aliphatic carbocycles. The van der Waals surface area contributed by atoms with Crippen LogP contribution in [0.1, 0.15) is 246 Å². The van der Waals surface area contributed by atoms with Crippen molar-refractivity contribution < 1.29 is 13.6 Å². The largest absolute Gasteiger partial charge is 0.405 e. The maximum absolute atomic E-state index is 14.5. The third-order valence-corrected chi connectivity index (χ3v) is 13.3. The highest BCUT2D eigenvalue weighted by molar-refractivity contribution is 7.51. The normalized spacial score (nSPS) is 16.1. The third-order valence-electron chi connectivity index (χ3n) is 11.8. The minimum atomic E-state index is -3.39. The van der Waals surface area contributed by atoms with E-state index in [1.807, 2.05) is 0 Å². The van der Waals surface area contributed by atoms with Crippen LogP contribution in [0.4, 0.5) is 0 Å². The first-order valence-corrected chi connectivity index (χ1v) is 25.5. The molecule has 1 N–H and O–H groups in total. The number of likely N-dealkylation sites (tertiary alicyclic amines) is 1. The van der Waals surface area contributed by atoms with Crippen molar-refractivity contribution in [1.29, 1.82) is 0 Å². The van der Waals surface area contributed by atoms with Crippen LogP contribution >= 0.6 is 7.75 Å². The SMILES string of the molecule is CCCCCCCCCCC(CCCCCCCC)COP(=O)(NCCN1CCCC1)OCC(CCCCCCCC)CCCCCCCCCC. The molecule has 1 rings (SSSR count). The average molecular weight is 755 g/mol. The third kappa shape index (κ3) is 31.3. The Kier molecular flexibility index (Phi) is 36.6. The van der Waals surface area contributed by atoms with Crippen molar-refractivity contribution in [3.8, 4) is 0 Å². The summed E-state index contributed by atoms with van der Waals surface area (Å²) in [4.78, 5) is 2.49. The minimum absolute atomic E-state index is 0.472. The molecule has 0 saturated carbocycles. The molecule has 52 heavy (non-hydrogen) atoms. The van der Waals surface area contributed by atoms with Crippen molar-refractivity contribution in [2.24, 2.45) is 11.8 Å². The zero-order valence-electron chi connectivity index (χ0n) is 36.1. The van der Waals surface area contributed by atoms with Gasteiger partial charge in [0.1, 0.15) is 0 Å². The van der Waals surface area contributed by atoms with E-state index in [1.54, 1.807) is 0 Å². The van der Waals surface area contributed by atoms with E-state index in [1.165, 1.54) is 218 Å². The number of nitrogens with zero attached hydrogens (tertiary/aromatic N) is 1. The molecule has 0 radical (unpaired) electrons. The maximum atomic E-state index is 14.5. The summed E-state index contributed by atoms with van der Waals surface area (Å²) in [6.07, 6.45) is 44.8. The minimum Gasteiger partial charge on any atom is -0.302 e. The predicted molar refractivity (Wildman–Crippen MR) is 231 cm³/mol. The second-order valence-corrected chi connectivity index (χ2v) is 18.7. The Balaban J connectivity index is 2.80. The second-order valence-electron chi connectivity index (χ2n) is 16.9. The molecule has 0 aromatic rings. The molecule has 5 nitrogen and oxygen atoms in total. The van der Waals surface area contributed by atoms with E-state index in [2.05, 4.69) is 37.7 Å². The van der Waals surface area contributed by atoms with E-state index < -0.39 is 7.75 Å². The van der Waals surface area contributed by atoms with Crippen LogP contribution in [0, 0.1) is 11.8 Å². The molecule has 1 heterocycles. The highest BCUT2D eigenvalue weighted by Crippen LogP contribution is 2.45. The fraction of sp³-hybridized carbons (Fsp3) is 1.00. The highest BCUT2D eigenvalue weighted by Gasteiger charge is 2.28. The molecule has 1 aliphatic rings. The molecule has 0 aromatic heterocycles. The van der Waals surface area contributed by atoms with Gasteiger partial charge in [-0.25, -0.2) is 9.65 Å². The van der Waals surface area contributed by atoms with Crippen LogP contribution in [-0.4, -0.2) is 44.3 Å². The van der Waals surface area contributed by atoms with Gasteiger partial charge in [-0.2, -0.15) is 0 Å². The van der Waals surface area contributed by atoms with Crippen molar-refractivity contribution in [1.82, 2.24) is 9.99 Å². The van der Waals surface area contributed by atoms with E-state index in [0.29, 0.717) is 31.6 Å². The number of unbranched alkanes of at least 4 members (excludes halogenated alkanes) is 24. The summed E-state index contributed by atoms with van der Waals surface area (Å²) in [5, 5.41) is 3.39. The highest BCUT2D eigenvalue weighted by atomic mass is 31.2. The summed E-state index contributed by atoms with van der Waals surface area (Å²) in [6.45, 7) is 14.2. The molecular weight excluding hydrogens is 659 g/mol. The fourth-order valence-electron chi connectivity index (χ4n) is 8.07. The summed E-state index contributed by atoms with van der Waals surface area (Å²) >= 11 is 0. The molecular formula is C46H95N2O3P. The molecule has 2 atom stereocenters. The molecule has 1 aliphatic heterocycles. The lowest BCUT2D eigenvalue weighted by atomic mass is 9.95. The maximum Gasteiger partial charge on any atom is 0.405 e. The Hall–Kier alpha value is 0.0700. The Bertz CT molecular complexity index is 714. The first-order chi connectivity index (χ1) is 25.6. The van der Waals surface area contributed by atoms with E-state index in [-0.39, 0.29) is 0 Å². The van der Waals surface area contributed by atoms with E-state index >= 15 is 0 Å². The van der Waals surface area contributed by atoms with E-state index in [9.17, 15) is 4.57 Å². The molecule has 312 valence electrons. The molecule has 1 saturated heterocycles. The van der Waals surface area contributed by atoms with Crippen LogP contribution in [0.2, 0.25) is 0 Å². The standard InChI is InChI=1S/C46H95N2O3P/c1-5-9-13-17-21-23-27-31-37-45(35-29-25-19-15-11-7-3)43-50-52(49,47-39-42-48-40-33-34-41-48)51-44-46(36-30-26-20-16-12-8-4)38-32-28-24-22-18-14-10-6-2/h45-46H,5-44H2,1-4H3,(H,47,49). The van der Waals surface area contributed by atoms with Gasteiger partial charge in [-0.15, -0.1) is 0 Å². The summed E-state index contributed by atoms with van der Waals surface area (Å²) in [5.74, 6) is 0.944. The quantitative estimate of drug-likeness (QED) is 0.0497. The monoisotopic (exact) mass is 755 g/mol. The summed E-state index contributed by atoms with van der Waals surface area (Å²) in [6, 6.07) is 0. The predicted octanol–water partition coefficient (Wildman–Crippen LogP) is 15.6. The summed E-state index contributed by atoms with van der Waals surface area (Å²) < 4.78 is 27.5. The van der Waals surface area contributed by atoms with Gasteiger partial charge >= 0.3 is 7.75 Å². The first kappa shape index (κ1) is 50.1. The number of rotatable bonds is 42. The number of hydrogen-bond donors (Lipinski definition) is 1. The van der Waals surface area contributed by atoms with Gasteiger partial charge in [0.15, 0.2) is 0 Å². The average Bonchev–Trinajstić information content (AvgIpc) is 3.67. The molecule has 0 amide bonds. The van der Waals surface area contributed by atoms with Crippen molar-refractivity contribution in [2.75, 3.05) is 39.4 Å². The van der Waals surface area contributed by atoms with Crippen LogP contribution in [0.5, 0.6) is 0 Å². The lowest BCUT2D eigenvalue weighted by Gasteiger charge is -2.26. The Morgan fingerprint density at radius 1 is 0.462 bits per heavy atom. The fourth-order valence-corrected chi connectivity index (χ4v) is 9.51. The molecule has 2 unspecified atom stereocenters. The Morgan fingerprint density at radius 2 is 0.750 bits per heavy atom. The Morgan fingerprint density at radius 3 is 1.06 bits per heavy atom. The smallest absolute Gasteiger partial charge is 0.302 e. The van der Waals surface area contributed by atoms with Crippen molar-refractivity contribution in [2.45, 2.75) is 246 Å². The van der Waals surface area contributed by atoms with E-state index in [0.717, 1.165) is 19.6 Å². The van der Waals surface area contributed by atoms with Gasteiger partial charge in [0, 0.05) is 13.1 Å². The van der Waals surface area contributed by atoms with Gasteiger partial charge in [0.25, 0.3) is 0 Å². The summed E-state index contributed by atoms with van der Waals surface area (Å²) in [7, 11) is -3.39. The van der Waals surface area contributed by atoms with Crippen LogP contribution < -0.4 is 5.09 Å². The van der Waals surface area contributed by atoms with Crippen molar-refractivity contribution in [3.63, 3.8) is 0 Å². The van der Waals surface area contributed by atoms with Crippen LogP contribution in [-0.2, 0) is 13.6 Å². The van der Waals surface area contributed by atoms with Gasteiger partial charge in [-0.1, -0.05) is 207 Å². The Labute approximate surface area is 327 Å². The topological polar surface area (TPSA) is 50.8 Å². The van der Waals surface area contributed by atoms with Crippen molar-refractivity contribution >= 4 is 7.75 Å². The van der Waals surface area contributed by atoms with E-state index in [4.69, 9.17) is 9.05 Å². The second kappa shape index (κ2) is 38.0. The summed E-state index contributed by atoms with van der Waals surface area (Å²) in [5.41, 5.74) is 0. The van der Waals surface area contributed by atoms with Crippen molar-refractivity contribution in [3.05, 3.63) is 0 Å².